The van der Waals surface area contributed by atoms with E-state index >= 15 is 0 Å². The Labute approximate surface area is 158 Å². The zero-order chi connectivity index (χ0) is 18.4. The Morgan fingerprint density at radius 3 is 1.64 bits per heavy atom. The summed E-state index contributed by atoms with van der Waals surface area (Å²) in [5, 5.41) is -0.0698. The highest BCUT2D eigenvalue weighted by molar-refractivity contribution is 8.14. The van der Waals surface area contributed by atoms with Crippen molar-refractivity contribution >= 4 is 33.8 Å². The van der Waals surface area contributed by atoms with Gasteiger partial charge in [-0.1, -0.05) is 52.7 Å². The molecule has 25 heavy (non-hydrogen) atoms. The Morgan fingerprint density at radius 2 is 1.20 bits per heavy atom. The van der Waals surface area contributed by atoms with Crippen molar-refractivity contribution in [3.63, 3.8) is 0 Å². The second-order valence-electron chi connectivity index (χ2n) is 6.15. The molecule has 2 rings (SSSR count). The van der Waals surface area contributed by atoms with E-state index in [0.29, 0.717) is 5.57 Å². The van der Waals surface area contributed by atoms with Crippen LogP contribution in [-0.2, 0) is 9.59 Å². The molecule has 0 spiro atoms. The molecular weight excluding hydrogens is 348 g/mol. The summed E-state index contributed by atoms with van der Waals surface area (Å²) < 4.78 is 0. The molecule has 0 fully saturated rings. The molecule has 0 unspecified atom stereocenters. The van der Waals surface area contributed by atoms with Gasteiger partial charge in [-0.15, -0.1) is 0 Å². The molecule has 0 aliphatic carbocycles. The average molecular weight is 371 g/mol. The molecule has 2 aromatic rings. The van der Waals surface area contributed by atoms with E-state index in [0.717, 1.165) is 26.5 Å². The fraction of sp³-hybridized carbons (Fsp3) is 0.238. The van der Waals surface area contributed by atoms with Crippen LogP contribution < -0.4 is 0 Å². The van der Waals surface area contributed by atoms with Crippen molar-refractivity contribution in [3.8, 4) is 0 Å². The summed E-state index contributed by atoms with van der Waals surface area (Å²) in [5.41, 5.74) is 3.80. The SMILES string of the molecule is CC(C)=C(CC(=O)Sc1ccc(C)cc1)C(=O)Sc1ccc(C)cc1. The molecule has 0 aromatic heterocycles. The van der Waals surface area contributed by atoms with Crippen molar-refractivity contribution in [1.82, 2.24) is 0 Å². The number of rotatable bonds is 5. The number of aryl methyl sites for hydroxylation is 2. The van der Waals surface area contributed by atoms with Gasteiger partial charge in [0.25, 0.3) is 0 Å². The van der Waals surface area contributed by atoms with E-state index in [1.54, 1.807) is 0 Å². The van der Waals surface area contributed by atoms with Crippen LogP contribution in [0.4, 0.5) is 0 Å². The van der Waals surface area contributed by atoms with E-state index in [4.69, 9.17) is 0 Å². The third-order valence-electron chi connectivity index (χ3n) is 3.66. The topological polar surface area (TPSA) is 34.1 Å². The molecule has 0 amide bonds. The van der Waals surface area contributed by atoms with Crippen LogP contribution in [0.1, 0.15) is 31.4 Å². The molecule has 0 radical (unpaired) electrons. The standard InChI is InChI=1S/C21H22O2S2/c1-14(2)19(21(23)25-18-11-7-16(4)8-12-18)13-20(22)24-17-9-5-15(3)6-10-17/h5-12H,13H2,1-4H3. The van der Waals surface area contributed by atoms with E-state index in [9.17, 15) is 9.59 Å². The summed E-state index contributed by atoms with van der Waals surface area (Å²) in [7, 11) is 0. The minimum absolute atomic E-state index is 0.0158. The van der Waals surface area contributed by atoms with Crippen LogP contribution in [0.15, 0.2) is 69.5 Å². The monoisotopic (exact) mass is 370 g/mol. The summed E-state index contributed by atoms with van der Waals surface area (Å²) >= 11 is 2.37. The highest BCUT2D eigenvalue weighted by atomic mass is 32.2. The number of allylic oxidation sites excluding steroid dienone is 1. The molecule has 0 saturated carbocycles. The first-order chi connectivity index (χ1) is 11.8. The minimum Gasteiger partial charge on any atom is -0.286 e. The number of carbonyl (C=O) groups excluding carboxylic acids is 2. The Kier molecular flexibility index (Phi) is 7.09. The minimum atomic E-state index is -0.0540. The van der Waals surface area contributed by atoms with Crippen LogP contribution in [0, 0.1) is 13.8 Å². The van der Waals surface area contributed by atoms with Crippen molar-refractivity contribution in [1.29, 1.82) is 0 Å². The smallest absolute Gasteiger partial charge is 0.220 e. The Bertz CT molecular complexity index is 784. The number of carbonyl (C=O) groups is 2. The van der Waals surface area contributed by atoms with Crippen molar-refractivity contribution in [2.45, 2.75) is 43.9 Å². The van der Waals surface area contributed by atoms with Gasteiger partial charge in [-0.05, 0) is 63.7 Å². The first kappa shape index (κ1) is 19.5. The fourth-order valence-electron chi connectivity index (χ4n) is 2.15. The molecule has 130 valence electrons. The highest BCUT2D eigenvalue weighted by Gasteiger charge is 2.17. The van der Waals surface area contributed by atoms with Crippen LogP contribution in [-0.4, -0.2) is 10.2 Å². The van der Waals surface area contributed by atoms with Crippen LogP contribution in [0.25, 0.3) is 0 Å². The lowest BCUT2D eigenvalue weighted by Gasteiger charge is -2.08. The Hall–Kier alpha value is -1.78. The van der Waals surface area contributed by atoms with E-state index in [2.05, 4.69) is 0 Å². The largest absolute Gasteiger partial charge is 0.286 e. The van der Waals surface area contributed by atoms with E-state index < -0.39 is 0 Å². The van der Waals surface area contributed by atoms with Gasteiger partial charge in [0.1, 0.15) is 0 Å². The van der Waals surface area contributed by atoms with Gasteiger partial charge in [-0.3, -0.25) is 9.59 Å². The Morgan fingerprint density at radius 1 is 0.760 bits per heavy atom. The molecule has 0 atom stereocenters. The third kappa shape index (κ3) is 6.22. The normalized spacial score (nSPS) is 10.4. The maximum absolute atomic E-state index is 12.6. The van der Waals surface area contributed by atoms with Crippen LogP contribution in [0.5, 0.6) is 0 Å². The number of hydrogen-bond donors (Lipinski definition) is 0. The van der Waals surface area contributed by atoms with Gasteiger partial charge in [0.15, 0.2) is 5.12 Å². The third-order valence-corrected chi connectivity index (χ3v) is 5.47. The van der Waals surface area contributed by atoms with Gasteiger partial charge in [0, 0.05) is 21.8 Å². The molecule has 0 N–H and O–H groups in total. The predicted molar refractivity (Wildman–Crippen MR) is 107 cm³/mol. The van der Waals surface area contributed by atoms with Gasteiger partial charge in [0.05, 0.1) is 0 Å². The van der Waals surface area contributed by atoms with Crippen molar-refractivity contribution < 1.29 is 9.59 Å². The average Bonchev–Trinajstić information content (AvgIpc) is 2.56. The lowest BCUT2D eigenvalue weighted by molar-refractivity contribution is -0.112. The number of thioether (sulfide) groups is 2. The van der Waals surface area contributed by atoms with E-state index in [-0.39, 0.29) is 16.7 Å². The van der Waals surface area contributed by atoms with Crippen LogP contribution in [0.2, 0.25) is 0 Å². The summed E-state index contributed by atoms with van der Waals surface area (Å²) in [6.07, 6.45) is 0.151. The lowest BCUT2D eigenvalue weighted by Crippen LogP contribution is -2.05. The first-order valence-corrected chi connectivity index (χ1v) is 9.71. The molecule has 0 bridgehead atoms. The highest BCUT2D eigenvalue weighted by Crippen LogP contribution is 2.29. The quantitative estimate of drug-likeness (QED) is 0.480. The second-order valence-corrected chi connectivity index (χ2v) is 8.32. The second kappa shape index (κ2) is 9.07. The zero-order valence-corrected chi connectivity index (χ0v) is 16.6. The fourth-order valence-corrected chi connectivity index (χ4v) is 3.78. The van der Waals surface area contributed by atoms with Crippen LogP contribution >= 0.6 is 23.5 Å². The van der Waals surface area contributed by atoms with Gasteiger partial charge in [-0.2, -0.15) is 0 Å². The van der Waals surface area contributed by atoms with E-state index in [1.165, 1.54) is 23.5 Å². The molecule has 0 heterocycles. The van der Waals surface area contributed by atoms with Gasteiger partial charge < -0.3 is 0 Å². The van der Waals surface area contributed by atoms with Crippen molar-refractivity contribution in [3.05, 3.63) is 70.8 Å². The molecule has 0 aliphatic rings. The summed E-state index contributed by atoms with van der Waals surface area (Å²) in [6, 6.07) is 15.7. The van der Waals surface area contributed by atoms with E-state index in [1.807, 2.05) is 76.2 Å². The van der Waals surface area contributed by atoms with Gasteiger partial charge in [0.2, 0.25) is 5.12 Å². The molecule has 0 saturated heterocycles. The summed E-state index contributed by atoms with van der Waals surface area (Å²) in [5.74, 6) is 0. The van der Waals surface area contributed by atoms with Crippen molar-refractivity contribution in [2.75, 3.05) is 0 Å². The predicted octanol–water partition coefficient (Wildman–Crippen LogP) is 5.97. The van der Waals surface area contributed by atoms with Crippen molar-refractivity contribution in [2.24, 2.45) is 0 Å². The van der Waals surface area contributed by atoms with Gasteiger partial charge >= 0.3 is 0 Å². The molecule has 2 aromatic carbocycles. The first-order valence-electron chi connectivity index (χ1n) is 8.07. The number of hydrogen-bond acceptors (Lipinski definition) is 4. The zero-order valence-electron chi connectivity index (χ0n) is 15.0. The maximum atomic E-state index is 12.6. The summed E-state index contributed by atoms with van der Waals surface area (Å²) in [6.45, 7) is 7.79. The molecular formula is C21H22O2S2. The lowest BCUT2D eigenvalue weighted by atomic mass is 10.1. The Balaban J connectivity index is 2.03. The number of benzene rings is 2. The molecule has 0 aliphatic heterocycles. The maximum Gasteiger partial charge on any atom is 0.220 e. The van der Waals surface area contributed by atoms with Crippen LogP contribution in [0.3, 0.4) is 0 Å². The van der Waals surface area contributed by atoms with Gasteiger partial charge in [-0.25, -0.2) is 0 Å². The summed E-state index contributed by atoms with van der Waals surface area (Å²) in [4.78, 5) is 26.8. The molecule has 4 heteroatoms. The molecule has 2 nitrogen and oxygen atoms in total.